The molecule has 0 saturated heterocycles. The quantitative estimate of drug-likeness (QED) is 0.442. The van der Waals surface area contributed by atoms with Crippen LogP contribution < -0.4 is 4.74 Å². The van der Waals surface area contributed by atoms with Crippen LogP contribution in [-0.4, -0.2) is 24.2 Å². The molecule has 0 unspecified atom stereocenters. The van der Waals surface area contributed by atoms with Crippen LogP contribution >= 0.6 is 27.3 Å². The lowest BCUT2D eigenvalue weighted by atomic mass is 10.3. The molecular weight excluding hydrogens is 354 g/mol. The molecule has 1 heterocycles. The Kier molecular flexibility index (Phi) is 5.95. The van der Waals surface area contributed by atoms with Crippen molar-refractivity contribution in [3.8, 4) is 5.75 Å². The molecule has 0 saturated carbocycles. The van der Waals surface area contributed by atoms with Gasteiger partial charge in [-0.15, -0.1) is 11.3 Å². The molecule has 2 rings (SSSR count). The Balaban J connectivity index is 1.67. The lowest BCUT2D eigenvalue weighted by Gasteiger charge is -2.06. The van der Waals surface area contributed by atoms with Gasteiger partial charge in [0.05, 0.1) is 10.7 Å². The fraction of sp³-hybridized carbons (Fsp3) is 0.200. The minimum atomic E-state index is -0.403. The Morgan fingerprint density at radius 2 is 2.10 bits per heavy atom. The highest BCUT2D eigenvalue weighted by Crippen LogP contribution is 2.15. The molecule has 0 fully saturated rings. The Bertz CT molecular complexity index is 622. The molecule has 0 amide bonds. The predicted octanol–water partition coefficient (Wildman–Crippen LogP) is 3.85. The Morgan fingerprint density at radius 1 is 1.33 bits per heavy atom. The third-order valence-corrected chi connectivity index (χ3v) is 3.76. The first-order valence-corrected chi connectivity index (χ1v) is 7.96. The monoisotopic (exact) mass is 367 g/mol. The van der Waals surface area contributed by atoms with Crippen molar-refractivity contribution in [1.82, 2.24) is 4.98 Å². The van der Waals surface area contributed by atoms with E-state index in [4.69, 9.17) is 9.47 Å². The van der Waals surface area contributed by atoms with Gasteiger partial charge < -0.3 is 9.47 Å². The molecule has 0 spiro atoms. The van der Waals surface area contributed by atoms with Crippen LogP contribution in [0.5, 0.6) is 5.75 Å². The standard InChI is InChI=1S/C15H14BrNO3S/c1-11-17-13(10-21-11)4-7-15(18)20-9-8-19-14-5-2-12(16)3-6-14/h2-7,10H,8-9H2,1H3/b7-4+. The number of thiazole rings is 1. The molecule has 0 aliphatic carbocycles. The summed E-state index contributed by atoms with van der Waals surface area (Å²) in [6, 6.07) is 7.46. The summed E-state index contributed by atoms with van der Waals surface area (Å²) in [4.78, 5) is 15.7. The van der Waals surface area contributed by atoms with E-state index in [-0.39, 0.29) is 6.61 Å². The van der Waals surface area contributed by atoms with E-state index in [0.29, 0.717) is 6.61 Å². The van der Waals surface area contributed by atoms with E-state index in [1.807, 2.05) is 36.6 Å². The van der Waals surface area contributed by atoms with Crippen LogP contribution in [-0.2, 0) is 9.53 Å². The van der Waals surface area contributed by atoms with Gasteiger partial charge in [0, 0.05) is 15.9 Å². The molecule has 0 N–H and O–H groups in total. The molecule has 0 bridgehead atoms. The summed E-state index contributed by atoms with van der Waals surface area (Å²) in [7, 11) is 0. The molecule has 6 heteroatoms. The third kappa shape index (κ3) is 5.69. The first-order chi connectivity index (χ1) is 10.1. The maximum atomic E-state index is 11.5. The predicted molar refractivity (Wildman–Crippen MR) is 86.5 cm³/mol. The smallest absolute Gasteiger partial charge is 0.330 e. The Labute approximate surface area is 135 Å². The van der Waals surface area contributed by atoms with E-state index in [2.05, 4.69) is 20.9 Å². The van der Waals surface area contributed by atoms with Gasteiger partial charge in [0.1, 0.15) is 19.0 Å². The van der Waals surface area contributed by atoms with Crippen molar-refractivity contribution in [3.63, 3.8) is 0 Å². The Hall–Kier alpha value is -1.66. The second-order valence-electron chi connectivity index (χ2n) is 4.09. The molecular formula is C15H14BrNO3S. The summed E-state index contributed by atoms with van der Waals surface area (Å²) in [5.41, 5.74) is 0.764. The highest BCUT2D eigenvalue weighted by atomic mass is 79.9. The summed E-state index contributed by atoms with van der Waals surface area (Å²) >= 11 is 4.89. The van der Waals surface area contributed by atoms with Crippen LogP contribution in [0, 0.1) is 6.92 Å². The van der Waals surface area contributed by atoms with Crippen molar-refractivity contribution in [1.29, 1.82) is 0 Å². The van der Waals surface area contributed by atoms with Gasteiger partial charge in [0.2, 0.25) is 0 Å². The summed E-state index contributed by atoms with van der Waals surface area (Å²) in [5.74, 6) is 0.336. The average Bonchev–Trinajstić information content (AvgIpc) is 2.89. The fourth-order valence-electron chi connectivity index (χ4n) is 1.49. The Morgan fingerprint density at radius 3 is 2.76 bits per heavy atom. The molecule has 2 aromatic rings. The number of carbonyl (C=O) groups excluding carboxylic acids is 1. The zero-order valence-electron chi connectivity index (χ0n) is 11.4. The van der Waals surface area contributed by atoms with Crippen molar-refractivity contribution < 1.29 is 14.3 Å². The zero-order valence-corrected chi connectivity index (χ0v) is 13.8. The van der Waals surface area contributed by atoms with Crippen molar-refractivity contribution in [2.45, 2.75) is 6.92 Å². The van der Waals surface area contributed by atoms with Gasteiger partial charge in [-0.25, -0.2) is 9.78 Å². The molecule has 1 aromatic heterocycles. The van der Waals surface area contributed by atoms with E-state index in [1.165, 1.54) is 17.4 Å². The number of hydrogen-bond acceptors (Lipinski definition) is 5. The molecule has 1 aromatic carbocycles. The van der Waals surface area contributed by atoms with E-state index in [0.717, 1.165) is 20.9 Å². The SMILES string of the molecule is Cc1nc(/C=C/C(=O)OCCOc2ccc(Br)cc2)cs1. The van der Waals surface area contributed by atoms with E-state index >= 15 is 0 Å². The molecule has 21 heavy (non-hydrogen) atoms. The van der Waals surface area contributed by atoms with Crippen molar-refractivity contribution >= 4 is 39.3 Å². The first-order valence-electron chi connectivity index (χ1n) is 6.29. The largest absolute Gasteiger partial charge is 0.490 e. The number of esters is 1. The second kappa shape index (κ2) is 7.95. The number of rotatable bonds is 6. The van der Waals surface area contributed by atoms with Crippen LogP contribution in [0.15, 0.2) is 40.2 Å². The molecule has 0 aliphatic rings. The second-order valence-corrected chi connectivity index (χ2v) is 6.07. The number of benzene rings is 1. The lowest BCUT2D eigenvalue weighted by molar-refractivity contribution is -0.138. The van der Waals surface area contributed by atoms with E-state index < -0.39 is 5.97 Å². The zero-order chi connectivity index (χ0) is 15.1. The fourth-order valence-corrected chi connectivity index (χ4v) is 2.34. The van der Waals surface area contributed by atoms with Crippen LogP contribution in [0.2, 0.25) is 0 Å². The molecule has 110 valence electrons. The van der Waals surface area contributed by atoms with Gasteiger partial charge in [-0.2, -0.15) is 0 Å². The molecule has 4 nitrogen and oxygen atoms in total. The molecule has 0 radical (unpaired) electrons. The van der Waals surface area contributed by atoms with Gasteiger partial charge in [-0.05, 0) is 37.3 Å². The van der Waals surface area contributed by atoms with Crippen LogP contribution in [0.25, 0.3) is 6.08 Å². The van der Waals surface area contributed by atoms with Gasteiger partial charge in [0.25, 0.3) is 0 Å². The highest BCUT2D eigenvalue weighted by Gasteiger charge is 1.99. The van der Waals surface area contributed by atoms with Gasteiger partial charge in [-0.1, -0.05) is 15.9 Å². The number of aryl methyl sites for hydroxylation is 1. The van der Waals surface area contributed by atoms with E-state index in [1.54, 1.807) is 6.08 Å². The molecule has 0 aliphatic heterocycles. The summed E-state index contributed by atoms with van der Waals surface area (Å²) < 4.78 is 11.5. The number of ether oxygens (including phenoxy) is 2. The third-order valence-electron chi connectivity index (χ3n) is 2.44. The van der Waals surface area contributed by atoms with Crippen LogP contribution in [0.4, 0.5) is 0 Å². The van der Waals surface area contributed by atoms with Crippen LogP contribution in [0.1, 0.15) is 10.7 Å². The highest BCUT2D eigenvalue weighted by molar-refractivity contribution is 9.10. The maximum absolute atomic E-state index is 11.5. The summed E-state index contributed by atoms with van der Waals surface area (Å²) in [6.07, 6.45) is 3.01. The summed E-state index contributed by atoms with van der Waals surface area (Å²) in [5, 5.41) is 2.85. The van der Waals surface area contributed by atoms with Crippen LogP contribution in [0.3, 0.4) is 0 Å². The first kappa shape index (κ1) is 15.7. The van der Waals surface area contributed by atoms with Gasteiger partial charge >= 0.3 is 5.97 Å². The van der Waals surface area contributed by atoms with Crippen molar-refractivity contribution in [2.75, 3.05) is 13.2 Å². The number of nitrogens with zero attached hydrogens (tertiary/aromatic N) is 1. The maximum Gasteiger partial charge on any atom is 0.330 e. The number of hydrogen-bond donors (Lipinski definition) is 0. The minimum Gasteiger partial charge on any atom is -0.490 e. The van der Waals surface area contributed by atoms with Gasteiger partial charge in [0.15, 0.2) is 0 Å². The average molecular weight is 368 g/mol. The topological polar surface area (TPSA) is 48.4 Å². The minimum absolute atomic E-state index is 0.204. The summed E-state index contributed by atoms with van der Waals surface area (Å²) in [6.45, 7) is 2.44. The van der Waals surface area contributed by atoms with Crippen molar-refractivity contribution in [2.24, 2.45) is 0 Å². The lowest BCUT2D eigenvalue weighted by Crippen LogP contribution is -2.10. The van der Waals surface area contributed by atoms with Crippen molar-refractivity contribution in [3.05, 3.63) is 50.9 Å². The van der Waals surface area contributed by atoms with Gasteiger partial charge in [-0.3, -0.25) is 0 Å². The number of halogens is 1. The normalized spacial score (nSPS) is 10.8. The number of aromatic nitrogens is 1. The van der Waals surface area contributed by atoms with E-state index in [9.17, 15) is 4.79 Å². The number of carbonyl (C=O) groups is 1. The molecule has 0 atom stereocenters.